The smallest absolute Gasteiger partial charge is 0.239 e. The Balaban J connectivity index is 3.40. The van der Waals surface area contributed by atoms with Gasteiger partial charge in [-0.2, -0.15) is 0 Å². The number of thiocarbonyl (C=S) groups is 1. The van der Waals surface area contributed by atoms with Gasteiger partial charge in [0.2, 0.25) is 5.91 Å². The lowest BCUT2D eigenvalue weighted by atomic mass is 10.3. The van der Waals surface area contributed by atoms with E-state index in [0.717, 1.165) is 32.4 Å². The first-order valence-corrected chi connectivity index (χ1v) is 5.89. The van der Waals surface area contributed by atoms with Crippen LogP contribution in [0.5, 0.6) is 0 Å². The monoisotopic (exact) mass is 231 g/mol. The van der Waals surface area contributed by atoms with Crippen LogP contribution < -0.4 is 16.0 Å². The van der Waals surface area contributed by atoms with Crippen LogP contribution in [0.3, 0.4) is 0 Å². The highest BCUT2D eigenvalue weighted by Crippen LogP contribution is 1.82. The zero-order chi connectivity index (χ0) is 11.5. The molecule has 0 rings (SSSR count). The molecule has 0 unspecified atom stereocenters. The summed E-state index contributed by atoms with van der Waals surface area (Å²) in [6, 6.07) is 0. The maximum atomic E-state index is 11.2. The minimum Gasteiger partial charge on any atom is -0.363 e. The van der Waals surface area contributed by atoms with Gasteiger partial charge in [0.15, 0.2) is 5.11 Å². The number of carbonyl (C=O) groups is 1. The second kappa shape index (κ2) is 9.71. The molecule has 0 spiro atoms. The van der Waals surface area contributed by atoms with Crippen molar-refractivity contribution < 1.29 is 4.79 Å². The number of rotatable bonds is 7. The number of carbonyl (C=O) groups excluding carboxylic acids is 1. The van der Waals surface area contributed by atoms with Gasteiger partial charge in [0.05, 0.1) is 6.54 Å². The molecule has 0 aromatic rings. The van der Waals surface area contributed by atoms with Gasteiger partial charge in [-0.3, -0.25) is 4.79 Å². The zero-order valence-corrected chi connectivity index (χ0v) is 10.4. The second-order valence-electron chi connectivity index (χ2n) is 3.31. The second-order valence-corrected chi connectivity index (χ2v) is 3.72. The quantitative estimate of drug-likeness (QED) is 0.448. The Morgan fingerprint density at radius 2 is 1.80 bits per heavy atom. The zero-order valence-electron chi connectivity index (χ0n) is 9.56. The van der Waals surface area contributed by atoms with Crippen LogP contribution >= 0.6 is 12.2 Å². The van der Waals surface area contributed by atoms with Gasteiger partial charge in [0.25, 0.3) is 0 Å². The first kappa shape index (κ1) is 14.2. The Morgan fingerprint density at radius 1 is 1.07 bits per heavy atom. The van der Waals surface area contributed by atoms with Crippen LogP contribution in [-0.2, 0) is 4.79 Å². The van der Waals surface area contributed by atoms with Crippen LogP contribution in [0.15, 0.2) is 0 Å². The van der Waals surface area contributed by atoms with Crippen molar-refractivity contribution in [3.63, 3.8) is 0 Å². The fourth-order valence-corrected chi connectivity index (χ4v) is 1.10. The van der Waals surface area contributed by atoms with E-state index < -0.39 is 0 Å². The van der Waals surface area contributed by atoms with E-state index in [1.54, 1.807) is 0 Å². The highest BCUT2D eigenvalue weighted by atomic mass is 32.1. The molecule has 0 heterocycles. The summed E-state index contributed by atoms with van der Waals surface area (Å²) in [6.07, 6.45) is 3.17. The molecule has 1 amide bonds. The van der Waals surface area contributed by atoms with E-state index >= 15 is 0 Å². The summed E-state index contributed by atoms with van der Waals surface area (Å²) in [5.41, 5.74) is 0. The van der Waals surface area contributed by atoms with Gasteiger partial charge in [0, 0.05) is 13.1 Å². The summed E-state index contributed by atoms with van der Waals surface area (Å²) in [7, 11) is 0. The van der Waals surface area contributed by atoms with Crippen molar-refractivity contribution in [1.82, 2.24) is 16.0 Å². The summed E-state index contributed by atoms with van der Waals surface area (Å²) in [5.74, 6) is -0.0171. The lowest BCUT2D eigenvalue weighted by molar-refractivity contribution is -0.119. The summed E-state index contributed by atoms with van der Waals surface area (Å²) >= 11 is 5.00. The summed E-state index contributed by atoms with van der Waals surface area (Å²) in [6.45, 7) is 5.97. The molecule has 0 aliphatic heterocycles. The molecule has 15 heavy (non-hydrogen) atoms. The Bertz CT molecular complexity index is 197. The van der Waals surface area contributed by atoms with Gasteiger partial charge in [-0.1, -0.05) is 20.3 Å². The van der Waals surface area contributed by atoms with Gasteiger partial charge in [-0.15, -0.1) is 0 Å². The van der Waals surface area contributed by atoms with Crippen molar-refractivity contribution in [2.24, 2.45) is 0 Å². The maximum absolute atomic E-state index is 11.2. The third-order valence-corrected chi connectivity index (χ3v) is 2.09. The van der Waals surface area contributed by atoms with E-state index in [-0.39, 0.29) is 12.5 Å². The average molecular weight is 231 g/mol. The predicted molar refractivity (Wildman–Crippen MR) is 66.8 cm³/mol. The van der Waals surface area contributed by atoms with Crippen LogP contribution in [0.4, 0.5) is 0 Å². The molecule has 0 saturated heterocycles. The van der Waals surface area contributed by atoms with Crippen LogP contribution in [0.1, 0.15) is 33.1 Å². The number of unbranched alkanes of at least 4 members (excludes halogenated alkanes) is 1. The van der Waals surface area contributed by atoms with Gasteiger partial charge in [-0.05, 0) is 25.1 Å². The maximum Gasteiger partial charge on any atom is 0.239 e. The average Bonchev–Trinajstić information content (AvgIpc) is 2.24. The molecule has 0 bridgehead atoms. The van der Waals surface area contributed by atoms with Crippen LogP contribution in [0.25, 0.3) is 0 Å². The molecular formula is C10H21N3OS. The van der Waals surface area contributed by atoms with Crippen molar-refractivity contribution in [2.45, 2.75) is 33.1 Å². The Labute approximate surface area is 97.2 Å². The lowest BCUT2D eigenvalue weighted by Gasteiger charge is -2.09. The van der Waals surface area contributed by atoms with E-state index in [1.165, 1.54) is 0 Å². The third kappa shape index (κ3) is 9.46. The summed E-state index contributed by atoms with van der Waals surface area (Å²) in [5, 5.41) is 9.21. The van der Waals surface area contributed by atoms with E-state index in [9.17, 15) is 4.79 Å². The van der Waals surface area contributed by atoms with E-state index in [0.29, 0.717) is 5.11 Å². The van der Waals surface area contributed by atoms with E-state index in [1.807, 2.05) is 6.92 Å². The largest absolute Gasteiger partial charge is 0.363 e. The molecule has 88 valence electrons. The first-order chi connectivity index (χ1) is 7.20. The standard InChI is InChI=1S/C10H21N3OS/c1-3-5-7-12-10(15)13-8-9(14)11-6-4-2/h3-8H2,1-2H3,(H,11,14)(H2,12,13,15). The SMILES string of the molecule is CCCCNC(=S)NCC(=O)NCCC. The molecule has 0 aromatic heterocycles. The fourth-order valence-electron chi connectivity index (χ4n) is 0.929. The van der Waals surface area contributed by atoms with Crippen molar-refractivity contribution in [1.29, 1.82) is 0 Å². The molecular weight excluding hydrogens is 210 g/mol. The first-order valence-electron chi connectivity index (χ1n) is 5.49. The van der Waals surface area contributed by atoms with Crippen molar-refractivity contribution in [2.75, 3.05) is 19.6 Å². The Hall–Kier alpha value is -0.840. The highest BCUT2D eigenvalue weighted by molar-refractivity contribution is 7.80. The van der Waals surface area contributed by atoms with E-state index in [2.05, 4.69) is 22.9 Å². The topological polar surface area (TPSA) is 53.2 Å². The third-order valence-electron chi connectivity index (χ3n) is 1.80. The number of hydrogen-bond acceptors (Lipinski definition) is 2. The van der Waals surface area contributed by atoms with Gasteiger partial charge in [0.1, 0.15) is 0 Å². The van der Waals surface area contributed by atoms with Gasteiger partial charge >= 0.3 is 0 Å². The van der Waals surface area contributed by atoms with Crippen molar-refractivity contribution >= 4 is 23.2 Å². The molecule has 0 radical (unpaired) electrons. The highest BCUT2D eigenvalue weighted by Gasteiger charge is 2.00. The molecule has 0 atom stereocenters. The Morgan fingerprint density at radius 3 is 2.40 bits per heavy atom. The molecule has 0 aromatic carbocycles. The summed E-state index contributed by atoms with van der Waals surface area (Å²) < 4.78 is 0. The van der Waals surface area contributed by atoms with Crippen LogP contribution in [0.2, 0.25) is 0 Å². The minimum atomic E-state index is -0.0171. The normalized spacial score (nSPS) is 9.47. The predicted octanol–water partition coefficient (Wildman–Crippen LogP) is 0.777. The van der Waals surface area contributed by atoms with Crippen molar-refractivity contribution in [3.8, 4) is 0 Å². The lowest BCUT2D eigenvalue weighted by Crippen LogP contribution is -2.42. The molecule has 0 saturated carbocycles. The number of nitrogens with one attached hydrogen (secondary N) is 3. The van der Waals surface area contributed by atoms with Crippen LogP contribution in [-0.4, -0.2) is 30.7 Å². The molecule has 3 N–H and O–H groups in total. The Kier molecular flexibility index (Phi) is 9.16. The van der Waals surface area contributed by atoms with Crippen molar-refractivity contribution in [3.05, 3.63) is 0 Å². The molecule has 0 fully saturated rings. The fraction of sp³-hybridized carbons (Fsp3) is 0.800. The number of amides is 1. The molecule has 0 aliphatic carbocycles. The molecule has 4 nitrogen and oxygen atoms in total. The summed E-state index contributed by atoms with van der Waals surface area (Å²) in [4.78, 5) is 11.2. The van der Waals surface area contributed by atoms with Crippen LogP contribution in [0, 0.1) is 0 Å². The molecule has 0 aliphatic rings. The van der Waals surface area contributed by atoms with Gasteiger partial charge in [-0.25, -0.2) is 0 Å². The number of hydrogen-bond donors (Lipinski definition) is 3. The van der Waals surface area contributed by atoms with E-state index in [4.69, 9.17) is 12.2 Å². The molecule has 5 heteroatoms. The van der Waals surface area contributed by atoms with Gasteiger partial charge < -0.3 is 16.0 Å². The minimum absolute atomic E-state index is 0.0171.